The number of carbonyl (C=O) groups excluding carboxylic acids is 2. The van der Waals surface area contributed by atoms with Crippen molar-refractivity contribution in [3.8, 4) is 0 Å². The van der Waals surface area contributed by atoms with E-state index in [9.17, 15) is 14.4 Å². The van der Waals surface area contributed by atoms with Crippen LogP contribution in [0.25, 0.3) is 10.9 Å². The second-order valence-electron chi connectivity index (χ2n) is 7.14. The van der Waals surface area contributed by atoms with Crippen molar-refractivity contribution in [2.24, 2.45) is 11.7 Å². The predicted molar refractivity (Wildman–Crippen MR) is 123 cm³/mol. The van der Waals surface area contributed by atoms with Gasteiger partial charge in [-0.15, -0.1) is 0 Å². The van der Waals surface area contributed by atoms with Gasteiger partial charge in [0.15, 0.2) is 5.16 Å². The number of anilines is 1. The molecule has 156 valence electrons. The van der Waals surface area contributed by atoms with Gasteiger partial charge in [0.2, 0.25) is 11.8 Å². The molecule has 0 spiro atoms. The summed E-state index contributed by atoms with van der Waals surface area (Å²) in [6, 6.07) is 11.7. The third kappa shape index (κ3) is 5.28. The third-order valence-corrected chi connectivity index (χ3v) is 5.68. The summed E-state index contributed by atoms with van der Waals surface area (Å²) in [6.45, 7) is 4.55. The van der Waals surface area contributed by atoms with Gasteiger partial charge in [0.25, 0.3) is 5.56 Å². The molecule has 30 heavy (non-hydrogen) atoms. The summed E-state index contributed by atoms with van der Waals surface area (Å²) in [5, 5.41) is 3.80. The van der Waals surface area contributed by atoms with Gasteiger partial charge in [-0.1, -0.05) is 41.5 Å². The number of benzene rings is 2. The van der Waals surface area contributed by atoms with Crippen LogP contribution >= 0.6 is 27.7 Å². The van der Waals surface area contributed by atoms with Gasteiger partial charge in [-0.05, 0) is 48.4 Å². The molecular formula is C21H21BrN4O3S. The Morgan fingerprint density at radius 2 is 1.90 bits per heavy atom. The van der Waals surface area contributed by atoms with E-state index in [1.165, 1.54) is 11.8 Å². The minimum absolute atomic E-state index is 0.0874. The van der Waals surface area contributed by atoms with E-state index in [-0.39, 0.29) is 23.1 Å². The summed E-state index contributed by atoms with van der Waals surface area (Å²) < 4.78 is 2.44. The molecule has 0 unspecified atom stereocenters. The average Bonchev–Trinajstić information content (AvgIpc) is 2.69. The Bertz CT molecular complexity index is 1160. The van der Waals surface area contributed by atoms with Crippen LogP contribution in [0, 0.1) is 5.92 Å². The Morgan fingerprint density at radius 3 is 2.53 bits per heavy atom. The van der Waals surface area contributed by atoms with E-state index >= 15 is 0 Å². The molecular weight excluding hydrogens is 468 g/mol. The van der Waals surface area contributed by atoms with Crippen molar-refractivity contribution < 1.29 is 9.59 Å². The summed E-state index contributed by atoms with van der Waals surface area (Å²) in [6.07, 6.45) is 0. The van der Waals surface area contributed by atoms with Crippen molar-refractivity contribution in [3.63, 3.8) is 0 Å². The van der Waals surface area contributed by atoms with Gasteiger partial charge >= 0.3 is 0 Å². The van der Waals surface area contributed by atoms with Crippen LogP contribution in [0.1, 0.15) is 24.2 Å². The zero-order valence-corrected chi connectivity index (χ0v) is 18.9. The van der Waals surface area contributed by atoms with E-state index in [0.717, 1.165) is 4.47 Å². The first-order chi connectivity index (χ1) is 14.2. The molecule has 9 heteroatoms. The van der Waals surface area contributed by atoms with Crippen LogP contribution in [0.2, 0.25) is 0 Å². The van der Waals surface area contributed by atoms with Gasteiger partial charge in [0, 0.05) is 22.3 Å². The maximum Gasteiger partial charge on any atom is 0.262 e. The number of nitrogens with two attached hydrogens (primary N) is 1. The molecule has 0 fully saturated rings. The molecule has 0 atom stereocenters. The smallest absolute Gasteiger partial charge is 0.262 e. The van der Waals surface area contributed by atoms with Gasteiger partial charge in [-0.2, -0.15) is 0 Å². The van der Waals surface area contributed by atoms with E-state index in [1.54, 1.807) is 41.0 Å². The molecule has 0 radical (unpaired) electrons. The number of rotatable bonds is 7. The molecule has 3 rings (SSSR count). The summed E-state index contributed by atoms with van der Waals surface area (Å²) in [4.78, 5) is 41.1. The third-order valence-electron chi connectivity index (χ3n) is 4.21. The highest BCUT2D eigenvalue weighted by Gasteiger charge is 2.15. The first-order valence-electron chi connectivity index (χ1n) is 9.27. The number of hydrogen-bond donors (Lipinski definition) is 2. The van der Waals surface area contributed by atoms with E-state index in [1.807, 2.05) is 19.9 Å². The number of aromatic nitrogens is 2. The van der Waals surface area contributed by atoms with Crippen LogP contribution in [-0.2, 0) is 11.3 Å². The van der Waals surface area contributed by atoms with Crippen LogP contribution in [0.3, 0.4) is 0 Å². The molecule has 3 aromatic rings. The molecule has 1 heterocycles. The lowest BCUT2D eigenvalue weighted by molar-refractivity contribution is -0.113. The Labute approximate surface area is 186 Å². The molecule has 0 saturated carbocycles. The van der Waals surface area contributed by atoms with E-state index < -0.39 is 5.91 Å². The minimum atomic E-state index is -0.527. The number of nitrogens with one attached hydrogen (secondary N) is 1. The van der Waals surface area contributed by atoms with Crippen molar-refractivity contribution in [1.29, 1.82) is 0 Å². The predicted octanol–water partition coefficient (Wildman–Crippen LogP) is 3.64. The Morgan fingerprint density at radius 1 is 1.20 bits per heavy atom. The number of nitrogens with zero attached hydrogens (tertiary/aromatic N) is 2. The first-order valence-corrected chi connectivity index (χ1v) is 11.0. The molecule has 0 bridgehead atoms. The highest BCUT2D eigenvalue weighted by Crippen LogP contribution is 2.22. The van der Waals surface area contributed by atoms with Crippen molar-refractivity contribution in [2.45, 2.75) is 25.5 Å². The first kappa shape index (κ1) is 22.0. The van der Waals surface area contributed by atoms with Gasteiger partial charge < -0.3 is 11.1 Å². The van der Waals surface area contributed by atoms with Crippen LogP contribution < -0.4 is 16.6 Å². The Hall–Kier alpha value is -2.65. The zero-order chi connectivity index (χ0) is 21.8. The molecule has 2 amide bonds. The lowest BCUT2D eigenvalue weighted by Crippen LogP contribution is -2.26. The largest absolute Gasteiger partial charge is 0.366 e. The number of fused-ring (bicyclic) bond motifs is 1. The highest BCUT2D eigenvalue weighted by molar-refractivity contribution is 9.10. The fourth-order valence-corrected chi connectivity index (χ4v) is 4.02. The quantitative estimate of drug-likeness (QED) is 0.389. The average molecular weight is 489 g/mol. The van der Waals surface area contributed by atoms with Crippen LogP contribution in [0.5, 0.6) is 0 Å². The maximum absolute atomic E-state index is 13.0. The SMILES string of the molecule is CC(C)Cn1c(SCC(=O)Nc2ccc(C(N)=O)cc2)nc2ccc(Br)cc2c1=O. The topological polar surface area (TPSA) is 107 Å². The molecule has 7 nitrogen and oxygen atoms in total. The molecule has 0 aliphatic heterocycles. The van der Waals surface area contributed by atoms with Crippen molar-refractivity contribution >= 4 is 56.1 Å². The molecule has 1 aromatic heterocycles. The molecule has 2 aromatic carbocycles. The fourth-order valence-electron chi connectivity index (χ4n) is 2.85. The summed E-state index contributed by atoms with van der Waals surface area (Å²) in [5.41, 5.74) is 6.61. The van der Waals surface area contributed by atoms with E-state index in [4.69, 9.17) is 5.73 Å². The van der Waals surface area contributed by atoms with E-state index in [2.05, 4.69) is 26.2 Å². The monoisotopic (exact) mass is 488 g/mol. The lowest BCUT2D eigenvalue weighted by atomic mass is 10.2. The summed E-state index contributed by atoms with van der Waals surface area (Å²) in [7, 11) is 0. The van der Waals surface area contributed by atoms with E-state index in [0.29, 0.717) is 33.9 Å². The number of hydrogen-bond acceptors (Lipinski definition) is 5. The lowest BCUT2D eigenvalue weighted by Gasteiger charge is -2.15. The summed E-state index contributed by atoms with van der Waals surface area (Å²) >= 11 is 4.61. The number of halogens is 1. The van der Waals surface area contributed by atoms with Gasteiger partial charge in [-0.25, -0.2) is 4.98 Å². The summed E-state index contributed by atoms with van der Waals surface area (Å²) in [5.74, 6) is -0.440. The van der Waals surface area contributed by atoms with Crippen LogP contribution in [-0.4, -0.2) is 27.1 Å². The minimum Gasteiger partial charge on any atom is -0.366 e. The second kappa shape index (κ2) is 9.44. The number of thioether (sulfide) groups is 1. The molecule has 0 aliphatic carbocycles. The highest BCUT2D eigenvalue weighted by atomic mass is 79.9. The van der Waals surface area contributed by atoms with Crippen molar-refractivity contribution in [1.82, 2.24) is 9.55 Å². The fraction of sp³-hybridized carbons (Fsp3) is 0.238. The van der Waals surface area contributed by atoms with Crippen LogP contribution in [0.15, 0.2) is 56.9 Å². The maximum atomic E-state index is 13.0. The van der Waals surface area contributed by atoms with Gasteiger partial charge in [-0.3, -0.25) is 19.0 Å². The molecule has 0 saturated heterocycles. The van der Waals surface area contributed by atoms with Crippen LogP contribution in [0.4, 0.5) is 5.69 Å². The second-order valence-corrected chi connectivity index (χ2v) is 9.00. The van der Waals surface area contributed by atoms with Crippen molar-refractivity contribution in [3.05, 3.63) is 62.9 Å². The van der Waals surface area contributed by atoms with Gasteiger partial charge in [0.1, 0.15) is 0 Å². The Kier molecular flexibility index (Phi) is 6.94. The number of amides is 2. The Balaban J connectivity index is 1.80. The molecule has 0 aliphatic rings. The van der Waals surface area contributed by atoms with Crippen molar-refractivity contribution in [2.75, 3.05) is 11.1 Å². The number of carbonyl (C=O) groups is 2. The number of primary amides is 1. The standard InChI is InChI=1S/C21H21BrN4O3S/c1-12(2)10-26-20(29)16-9-14(22)5-8-17(16)25-21(26)30-11-18(27)24-15-6-3-13(4-7-15)19(23)28/h3-9,12H,10-11H2,1-2H3,(H2,23,28)(H,24,27). The zero-order valence-electron chi connectivity index (χ0n) is 16.5. The van der Waals surface area contributed by atoms with Gasteiger partial charge in [0.05, 0.1) is 16.7 Å². The molecule has 3 N–H and O–H groups in total. The normalized spacial score (nSPS) is 11.1.